The normalized spacial score (nSPS) is 15.1. The van der Waals surface area contributed by atoms with Crippen LogP contribution in [0, 0.1) is 13.8 Å². The lowest BCUT2D eigenvalue weighted by Gasteiger charge is -2.27. The number of nitrogens with zero attached hydrogens (tertiary/aromatic N) is 1. The highest BCUT2D eigenvalue weighted by atomic mass is 16.2. The summed E-state index contributed by atoms with van der Waals surface area (Å²) in [5.41, 5.74) is 3.17. The molecular weight excluding hydrogens is 210 g/mol. The highest BCUT2D eigenvalue weighted by Crippen LogP contribution is 2.30. The highest BCUT2D eigenvalue weighted by Gasteiger charge is 2.35. The average Bonchev–Trinajstić information content (AvgIpc) is 3.06. The predicted octanol–water partition coefficient (Wildman–Crippen LogP) is 3.32. The van der Waals surface area contributed by atoms with Crippen molar-refractivity contribution in [2.45, 2.75) is 52.6 Å². The van der Waals surface area contributed by atoms with E-state index in [1.807, 2.05) is 24.0 Å². The van der Waals surface area contributed by atoms with Crippen LogP contribution in [-0.4, -0.2) is 22.9 Å². The lowest BCUT2D eigenvalue weighted by Crippen LogP contribution is -2.39. The fraction of sp³-hybridized carbons (Fsp3) is 0.533. The number of rotatable bonds is 3. The first-order valence-electron chi connectivity index (χ1n) is 6.41. The largest absolute Gasteiger partial charge is 0.333 e. The summed E-state index contributed by atoms with van der Waals surface area (Å²) in [7, 11) is 0. The molecule has 2 rings (SSSR count). The molecule has 2 heteroatoms. The van der Waals surface area contributed by atoms with Gasteiger partial charge in [0.05, 0.1) is 0 Å². The van der Waals surface area contributed by atoms with Crippen LogP contribution in [0.25, 0.3) is 0 Å². The van der Waals surface area contributed by atoms with Crippen LogP contribution in [0.1, 0.15) is 48.2 Å². The smallest absolute Gasteiger partial charge is 0.254 e. The lowest BCUT2D eigenvalue weighted by molar-refractivity contribution is 0.0689. The molecule has 1 aliphatic rings. The van der Waals surface area contributed by atoms with E-state index in [9.17, 15) is 4.79 Å². The second-order valence-corrected chi connectivity index (χ2v) is 5.28. The molecule has 0 heterocycles. The van der Waals surface area contributed by atoms with Crippen molar-refractivity contribution in [3.63, 3.8) is 0 Å². The molecule has 0 N–H and O–H groups in total. The van der Waals surface area contributed by atoms with E-state index in [4.69, 9.17) is 0 Å². The molecule has 1 fully saturated rings. The van der Waals surface area contributed by atoms with Crippen LogP contribution in [0.5, 0.6) is 0 Å². The SMILES string of the molecule is Cc1cccc(C(=O)N(C(C)C)C2CC2)c1C. The molecule has 1 saturated carbocycles. The van der Waals surface area contributed by atoms with Crippen LogP contribution in [0.15, 0.2) is 18.2 Å². The molecular formula is C15H21NO. The molecule has 0 atom stereocenters. The van der Waals surface area contributed by atoms with Crippen molar-refractivity contribution < 1.29 is 4.79 Å². The van der Waals surface area contributed by atoms with Crippen molar-refractivity contribution in [1.82, 2.24) is 4.90 Å². The standard InChI is InChI=1S/C15H21NO/c1-10(2)16(13-8-9-13)15(17)14-7-5-6-11(3)12(14)4/h5-7,10,13H,8-9H2,1-4H3. The Morgan fingerprint density at radius 1 is 1.29 bits per heavy atom. The van der Waals surface area contributed by atoms with E-state index in [1.165, 1.54) is 5.56 Å². The topological polar surface area (TPSA) is 20.3 Å². The number of carbonyl (C=O) groups is 1. The van der Waals surface area contributed by atoms with E-state index in [1.54, 1.807) is 0 Å². The van der Waals surface area contributed by atoms with E-state index in [2.05, 4.69) is 26.8 Å². The van der Waals surface area contributed by atoms with Gasteiger partial charge in [0.1, 0.15) is 0 Å². The molecule has 1 aromatic rings. The molecule has 1 aliphatic carbocycles. The fourth-order valence-corrected chi connectivity index (χ4v) is 2.30. The summed E-state index contributed by atoms with van der Waals surface area (Å²) >= 11 is 0. The summed E-state index contributed by atoms with van der Waals surface area (Å²) in [6, 6.07) is 6.74. The zero-order valence-electron chi connectivity index (χ0n) is 11.2. The van der Waals surface area contributed by atoms with Crippen molar-refractivity contribution in [3.05, 3.63) is 34.9 Å². The minimum atomic E-state index is 0.198. The van der Waals surface area contributed by atoms with Crippen molar-refractivity contribution in [2.24, 2.45) is 0 Å². The third-order valence-electron chi connectivity index (χ3n) is 3.57. The van der Waals surface area contributed by atoms with Crippen LogP contribution in [-0.2, 0) is 0 Å². The molecule has 0 radical (unpaired) electrons. The minimum absolute atomic E-state index is 0.198. The molecule has 0 unspecified atom stereocenters. The van der Waals surface area contributed by atoms with Crippen LogP contribution >= 0.6 is 0 Å². The van der Waals surface area contributed by atoms with E-state index in [0.29, 0.717) is 6.04 Å². The van der Waals surface area contributed by atoms with Crippen molar-refractivity contribution in [1.29, 1.82) is 0 Å². The Morgan fingerprint density at radius 3 is 2.47 bits per heavy atom. The molecule has 0 aliphatic heterocycles. The molecule has 0 spiro atoms. The van der Waals surface area contributed by atoms with E-state index in [-0.39, 0.29) is 11.9 Å². The summed E-state index contributed by atoms with van der Waals surface area (Å²) in [6.45, 7) is 8.29. The van der Waals surface area contributed by atoms with Crippen LogP contribution in [0.4, 0.5) is 0 Å². The molecule has 0 saturated heterocycles. The average molecular weight is 231 g/mol. The first kappa shape index (κ1) is 12.2. The molecule has 1 aromatic carbocycles. The Morgan fingerprint density at radius 2 is 1.94 bits per heavy atom. The van der Waals surface area contributed by atoms with Crippen molar-refractivity contribution in [2.75, 3.05) is 0 Å². The Balaban J connectivity index is 2.32. The van der Waals surface area contributed by atoms with Gasteiger partial charge in [0, 0.05) is 17.6 Å². The summed E-state index contributed by atoms with van der Waals surface area (Å²) in [4.78, 5) is 14.6. The summed E-state index contributed by atoms with van der Waals surface area (Å²) < 4.78 is 0. The van der Waals surface area contributed by atoms with Gasteiger partial charge in [0.25, 0.3) is 5.91 Å². The molecule has 17 heavy (non-hydrogen) atoms. The molecule has 2 nitrogen and oxygen atoms in total. The van der Waals surface area contributed by atoms with Gasteiger partial charge in [-0.05, 0) is 57.7 Å². The van der Waals surface area contributed by atoms with Gasteiger partial charge in [-0.3, -0.25) is 4.79 Å². The summed E-state index contributed by atoms with van der Waals surface area (Å²) in [5, 5.41) is 0. The third-order valence-corrected chi connectivity index (χ3v) is 3.57. The first-order chi connectivity index (χ1) is 8.02. The summed E-state index contributed by atoms with van der Waals surface area (Å²) in [5.74, 6) is 0.198. The number of hydrogen-bond donors (Lipinski definition) is 0. The Labute approximate surface area is 104 Å². The summed E-state index contributed by atoms with van der Waals surface area (Å²) in [6.07, 6.45) is 2.32. The zero-order chi connectivity index (χ0) is 12.6. The van der Waals surface area contributed by atoms with E-state index in [0.717, 1.165) is 24.0 Å². The Hall–Kier alpha value is -1.31. The number of amides is 1. The lowest BCUT2D eigenvalue weighted by atomic mass is 10.0. The molecule has 1 amide bonds. The van der Waals surface area contributed by atoms with Crippen molar-refractivity contribution in [3.8, 4) is 0 Å². The van der Waals surface area contributed by atoms with Gasteiger partial charge < -0.3 is 4.90 Å². The number of aryl methyl sites for hydroxylation is 1. The van der Waals surface area contributed by atoms with Gasteiger partial charge >= 0.3 is 0 Å². The van der Waals surface area contributed by atoms with E-state index < -0.39 is 0 Å². The predicted molar refractivity (Wildman–Crippen MR) is 70.2 cm³/mol. The number of hydrogen-bond acceptors (Lipinski definition) is 1. The van der Waals surface area contributed by atoms with Crippen LogP contribution in [0.3, 0.4) is 0 Å². The number of benzene rings is 1. The van der Waals surface area contributed by atoms with Gasteiger partial charge in [-0.25, -0.2) is 0 Å². The maximum absolute atomic E-state index is 12.6. The van der Waals surface area contributed by atoms with Crippen molar-refractivity contribution >= 4 is 5.91 Å². The molecule has 92 valence electrons. The first-order valence-corrected chi connectivity index (χ1v) is 6.41. The fourth-order valence-electron chi connectivity index (χ4n) is 2.30. The van der Waals surface area contributed by atoms with Gasteiger partial charge in [-0.15, -0.1) is 0 Å². The van der Waals surface area contributed by atoms with Crippen LogP contribution in [0.2, 0.25) is 0 Å². The second kappa shape index (κ2) is 4.52. The quantitative estimate of drug-likeness (QED) is 0.781. The van der Waals surface area contributed by atoms with Gasteiger partial charge in [0.15, 0.2) is 0 Å². The monoisotopic (exact) mass is 231 g/mol. The Kier molecular flexibility index (Phi) is 3.23. The maximum Gasteiger partial charge on any atom is 0.254 e. The Bertz CT molecular complexity index is 431. The van der Waals surface area contributed by atoms with E-state index >= 15 is 0 Å². The van der Waals surface area contributed by atoms with Gasteiger partial charge in [-0.2, -0.15) is 0 Å². The third kappa shape index (κ3) is 2.36. The van der Waals surface area contributed by atoms with Crippen LogP contribution < -0.4 is 0 Å². The highest BCUT2D eigenvalue weighted by molar-refractivity contribution is 5.96. The van der Waals surface area contributed by atoms with Gasteiger partial charge in [-0.1, -0.05) is 12.1 Å². The number of carbonyl (C=O) groups excluding carboxylic acids is 1. The maximum atomic E-state index is 12.6. The molecule has 0 bridgehead atoms. The second-order valence-electron chi connectivity index (χ2n) is 5.28. The van der Waals surface area contributed by atoms with Gasteiger partial charge in [0.2, 0.25) is 0 Å². The molecule has 0 aromatic heterocycles. The minimum Gasteiger partial charge on any atom is -0.333 e. The zero-order valence-corrected chi connectivity index (χ0v) is 11.2.